The first-order valence-electron chi connectivity index (χ1n) is 12.9. The fraction of sp³-hybridized carbons (Fsp3) is 0. The number of fused-ring (bicyclic) bond motifs is 3. The van der Waals surface area contributed by atoms with Crippen molar-refractivity contribution >= 4 is 60.5 Å². The Morgan fingerprint density at radius 1 is 0.368 bits per heavy atom. The Bertz CT molecular complexity index is 2060. The lowest BCUT2D eigenvalue weighted by Gasteiger charge is -2.26. The molecule has 0 unspecified atom stereocenters. The van der Waals surface area contributed by atoms with Crippen LogP contribution < -0.4 is 4.90 Å². The third-order valence-electron chi connectivity index (χ3n) is 7.60. The van der Waals surface area contributed by atoms with Crippen LogP contribution in [-0.2, 0) is 0 Å². The van der Waals surface area contributed by atoms with Crippen molar-refractivity contribution in [3.8, 4) is 11.1 Å². The molecule has 0 saturated heterocycles. The number of nitrogens with zero attached hydrogens (tertiary/aromatic N) is 1. The molecule has 0 atom stereocenters. The zero-order valence-electron chi connectivity index (χ0n) is 20.6. The predicted octanol–water partition coefficient (Wildman–Crippen LogP) is 10.5. The van der Waals surface area contributed by atoms with E-state index in [1.807, 2.05) is 0 Å². The molecule has 0 bridgehead atoms. The van der Waals surface area contributed by atoms with Gasteiger partial charge in [0, 0.05) is 28.2 Å². The Morgan fingerprint density at radius 2 is 0.947 bits per heavy atom. The highest BCUT2D eigenvalue weighted by Crippen LogP contribution is 2.46. The van der Waals surface area contributed by atoms with Gasteiger partial charge in [-0.1, -0.05) is 97.1 Å². The molecular weight excluding hydrogens is 462 g/mol. The van der Waals surface area contributed by atoms with Gasteiger partial charge in [0.2, 0.25) is 0 Å². The highest BCUT2D eigenvalue weighted by Gasteiger charge is 2.21. The minimum Gasteiger partial charge on any atom is -0.456 e. The first kappa shape index (κ1) is 21.0. The van der Waals surface area contributed by atoms with E-state index in [0.717, 1.165) is 28.2 Å². The summed E-state index contributed by atoms with van der Waals surface area (Å²) in [6, 6.07) is 49.4. The van der Waals surface area contributed by atoms with E-state index in [1.54, 1.807) is 0 Å². The van der Waals surface area contributed by atoms with Gasteiger partial charge in [0.15, 0.2) is 0 Å². The number of anilines is 3. The van der Waals surface area contributed by atoms with E-state index in [4.69, 9.17) is 4.42 Å². The molecule has 8 rings (SSSR count). The van der Waals surface area contributed by atoms with Crippen LogP contribution in [0.2, 0.25) is 0 Å². The van der Waals surface area contributed by atoms with Crippen molar-refractivity contribution in [2.45, 2.75) is 0 Å². The highest BCUT2D eigenvalue weighted by molar-refractivity contribution is 6.33. The fourth-order valence-corrected chi connectivity index (χ4v) is 5.91. The van der Waals surface area contributed by atoms with Crippen LogP contribution >= 0.6 is 0 Å². The smallest absolute Gasteiger partial charge is 0.138 e. The lowest BCUT2D eigenvalue weighted by Crippen LogP contribution is -2.09. The molecular formula is C36H23NO. The van der Waals surface area contributed by atoms with Crippen molar-refractivity contribution < 1.29 is 4.42 Å². The summed E-state index contributed by atoms with van der Waals surface area (Å²) >= 11 is 0. The van der Waals surface area contributed by atoms with Crippen LogP contribution in [0.1, 0.15) is 0 Å². The van der Waals surface area contributed by atoms with Crippen molar-refractivity contribution in [3.05, 3.63) is 140 Å². The second-order valence-electron chi connectivity index (χ2n) is 9.78. The maximum atomic E-state index is 6.50. The summed E-state index contributed by atoms with van der Waals surface area (Å²) in [7, 11) is 0. The van der Waals surface area contributed by atoms with Gasteiger partial charge in [-0.3, -0.25) is 0 Å². The lowest BCUT2D eigenvalue weighted by molar-refractivity contribution is 0.669. The monoisotopic (exact) mass is 485 g/mol. The molecule has 0 aliphatic carbocycles. The summed E-state index contributed by atoms with van der Waals surface area (Å²) in [5.41, 5.74) is 7.54. The van der Waals surface area contributed by atoms with Gasteiger partial charge in [-0.2, -0.15) is 0 Å². The molecule has 7 aromatic carbocycles. The maximum Gasteiger partial charge on any atom is 0.138 e. The fourth-order valence-electron chi connectivity index (χ4n) is 5.91. The van der Waals surface area contributed by atoms with Crippen LogP contribution in [-0.4, -0.2) is 0 Å². The second-order valence-corrected chi connectivity index (χ2v) is 9.78. The summed E-state index contributed by atoms with van der Waals surface area (Å²) in [6.45, 7) is 0. The summed E-state index contributed by atoms with van der Waals surface area (Å²) < 4.78 is 6.50. The van der Waals surface area contributed by atoms with Gasteiger partial charge in [0.25, 0.3) is 0 Å². The molecule has 0 amide bonds. The first-order chi connectivity index (χ1) is 18.8. The maximum absolute atomic E-state index is 6.50. The summed E-state index contributed by atoms with van der Waals surface area (Å²) in [5.74, 6) is 0. The molecule has 2 nitrogen and oxygen atoms in total. The molecule has 0 spiro atoms. The van der Waals surface area contributed by atoms with E-state index in [1.165, 1.54) is 43.4 Å². The van der Waals surface area contributed by atoms with Crippen molar-refractivity contribution in [2.75, 3.05) is 4.90 Å². The molecule has 0 radical (unpaired) electrons. The molecule has 38 heavy (non-hydrogen) atoms. The van der Waals surface area contributed by atoms with Gasteiger partial charge in [-0.15, -0.1) is 0 Å². The van der Waals surface area contributed by atoms with E-state index >= 15 is 0 Å². The largest absolute Gasteiger partial charge is 0.456 e. The third-order valence-corrected chi connectivity index (χ3v) is 7.60. The number of furan rings is 1. The van der Waals surface area contributed by atoms with Gasteiger partial charge in [-0.25, -0.2) is 0 Å². The third kappa shape index (κ3) is 3.14. The SMILES string of the molecule is c1ccc(-c2ccc(N(c3ccccc3)c3cc4oc5cccc6c7ccccc7c(c3)c4c56)cc2)cc1. The van der Waals surface area contributed by atoms with E-state index in [-0.39, 0.29) is 0 Å². The zero-order valence-corrected chi connectivity index (χ0v) is 20.6. The van der Waals surface area contributed by atoms with Gasteiger partial charge in [0.05, 0.1) is 5.69 Å². The quantitative estimate of drug-likeness (QED) is 0.231. The number of hydrogen-bond acceptors (Lipinski definition) is 2. The Morgan fingerprint density at radius 3 is 1.71 bits per heavy atom. The molecule has 1 aromatic heterocycles. The minimum absolute atomic E-state index is 0.913. The van der Waals surface area contributed by atoms with E-state index in [0.29, 0.717) is 0 Å². The van der Waals surface area contributed by atoms with Crippen LogP contribution in [0.4, 0.5) is 17.1 Å². The summed E-state index contributed by atoms with van der Waals surface area (Å²) in [5, 5.41) is 7.37. The van der Waals surface area contributed by atoms with Gasteiger partial charge in [-0.05, 0) is 69.1 Å². The molecule has 0 N–H and O–H groups in total. The first-order valence-corrected chi connectivity index (χ1v) is 12.9. The number of rotatable bonds is 4. The van der Waals surface area contributed by atoms with E-state index < -0.39 is 0 Å². The highest BCUT2D eigenvalue weighted by atomic mass is 16.3. The van der Waals surface area contributed by atoms with E-state index in [2.05, 4.69) is 144 Å². The molecule has 0 aliphatic rings. The van der Waals surface area contributed by atoms with Gasteiger partial charge in [0.1, 0.15) is 11.2 Å². The van der Waals surface area contributed by atoms with Crippen molar-refractivity contribution in [1.82, 2.24) is 0 Å². The Labute approximate surface area is 220 Å². The summed E-state index contributed by atoms with van der Waals surface area (Å²) in [4.78, 5) is 2.32. The molecule has 1 heterocycles. The Kier molecular flexibility index (Phi) is 4.55. The van der Waals surface area contributed by atoms with Crippen molar-refractivity contribution in [3.63, 3.8) is 0 Å². The second kappa shape index (κ2) is 8.22. The predicted molar refractivity (Wildman–Crippen MR) is 160 cm³/mol. The summed E-state index contributed by atoms with van der Waals surface area (Å²) in [6.07, 6.45) is 0. The molecule has 0 fully saturated rings. The van der Waals surface area contributed by atoms with Gasteiger partial charge < -0.3 is 9.32 Å². The lowest BCUT2D eigenvalue weighted by atomic mass is 9.94. The molecule has 0 saturated carbocycles. The van der Waals surface area contributed by atoms with Gasteiger partial charge >= 0.3 is 0 Å². The van der Waals surface area contributed by atoms with Crippen LogP contribution in [0.5, 0.6) is 0 Å². The average molecular weight is 486 g/mol. The topological polar surface area (TPSA) is 16.4 Å². The number of benzene rings is 7. The zero-order chi connectivity index (χ0) is 25.1. The normalized spacial score (nSPS) is 11.7. The van der Waals surface area contributed by atoms with Crippen molar-refractivity contribution in [1.29, 1.82) is 0 Å². The standard InChI is InChI=1S/C36H23NO/c1-3-10-24(11-4-1)25-18-20-27(21-19-25)37(26-12-5-2-6-13-26)28-22-32-30-15-8-7-14-29(30)31-16-9-17-33-35(31)36(32)34(23-28)38-33/h1-23H. The van der Waals surface area contributed by atoms with Crippen LogP contribution in [0.25, 0.3) is 54.6 Å². The van der Waals surface area contributed by atoms with E-state index in [9.17, 15) is 0 Å². The number of para-hydroxylation sites is 1. The molecule has 0 aliphatic heterocycles. The Hall–Kier alpha value is -5.08. The average Bonchev–Trinajstić information content (AvgIpc) is 3.37. The Balaban J connectivity index is 1.39. The van der Waals surface area contributed by atoms with Crippen LogP contribution in [0, 0.1) is 0 Å². The molecule has 8 aromatic rings. The minimum atomic E-state index is 0.913. The number of hydrogen-bond donors (Lipinski definition) is 0. The molecule has 178 valence electrons. The molecule has 2 heteroatoms. The van der Waals surface area contributed by atoms with Crippen LogP contribution in [0.15, 0.2) is 144 Å². The van der Waals surface area contributed by atoms with Crippen LogP contribution in [0.3, 0.4) is 0 Å². The van der Waals surface area contributed by atoms with Crippen molar-refractivity contribution in [2.24, 2.45) is 0 Å².